The van der Waals surface area contributed by atoms with Crippen LogP contribution in [0.2, 0.25) is 0 Å². The monoisotopic (exact) mass is 274 g/mol. The fourth-order valence-electron chi connectivity index (χ4n) is 2.21. The van der Waals surface area contributed by atoms with Gasteiger partial charge < -0.3 is 19.6 Å². The first-order valence-corrected chi connectivity index (χ1v) is 6.32. The summed E-state index contributed by atoms with van der Waals surface area (Å²) in [4.78, 5) is 13.5. The second kappa shape index (κ2) is 5.07. The van der Waals surface area contributed by atoms with Crippen LogP contribution in [-0.2, 0) is 0 Å². The van der Waals surface area contributed by atoms with E-state index in [0.29, 0.717) is 5.76 Å². The van der Waals surface area contributed by atoms with Crippen molar-refractivity contribution in [3.63, 3.8) is 0 Å². The zero-order valence-electron chi connectivity index (χ0n) is 10.6. The Morgan fingerprint density at radius 1 is 1.20 bits per heavy atom. The molecule has 1 saturated heterocycles. The van der Waals surface area contributed by atoms with E-state index in [4.69, 9.17) is 4.52 Å². The highest BCUT2D eigenvalue weighted by molar-refractivity contribution is 5.93. The second-order valence-corrected chi connectivity index (χ2v) is 4.79. The summed E-state index contributed by atoms with van der Waals surface area (Å²) >= 11 is 0. The SMILES string of the molecule is O=C(c1cc(-c2ccccc2)on1)N1C[C@@H](O)[C@@H](O)C1. The van der Waals surface area contributed by atoms with Crippen molar-refractivity contribution in [2.75, 3.05) is 13.1 Å². The van der Waals surface area contributed by atoms with Gasteiger partial charge in [-0.05, 0) is 0 Å². The molecule has 0 saturated carbocycles. The van der Waals surface area contributed by atoms with Gasteiger partial charge >= 0.3 is 0 Å². The van der Waals surface area contributed by atoms with Gasteiger partial charge in [-0.15, -0.1) is 0 Å². The highest BCUT2D eigenvalue weighted by Crippen LogP contribution is 2.21. The number of nitrogens with zero attached hydrogens (tertiary/aromatic N) is 2. The molecule has 2 N–H and O–H groups in total. The standard InChI is InChI=1S/C14H14N2O4/c17-11-7-16(8-12(11)18)14(19)10-6-13(20-15-10)9-4-2-1-3-5-9/h1-6,11-12,17-18H,7-8H2/t11-,12+. The third-order valence-electron chi connectivity index (χ3n) is 3.33. The Morgan fingerprint density at radius 2 is 1.85 bits per heavy atom. The molecular weight excluding hydrogens is 260 g/mol. The summed E-state index contributed by atoms with van der Waals surface area (Å²) in [7, 11) is 0. The molecule has 1 aromatic heterocycles. The van der Waals surface area contributed by atoms with Crippen molar-refractivity contribution >= 4 is 5.91 Å². The number of rotatable bonds is 2. The maximum absolute atomic E-state index is 12.2. The lowest BCUT2D eigenvalue weighted by Crippen LogP contribution is -2.30. The van der Waals surface area contributed by atoms with Gasteiger partial charge in [-0.3, -0.25) is 4.79 Å². The van der Waals surface area contributed by atoms with E-state index in [1.165, 1.54) is 4.90 Å². The van der Waals surface area contributed by atoms with Crippen LogP contribution >= 0.6 is 0 Å². The van der Waals surface area contributed by atoms with Crippen LogP contribution in [0.15, 0.2) is 40.9 Å². The number of likely N-dealkylation sites (tertiary alicyclic amines) is 1. The Balaban J connectivity index is 1.79. The van der Waals surface area contributed by atoms with E-state index in [9.17, 15) is 15.0 Å². The number of hydrogen-bond acceptors (Lipinski definition) is 5. The van der Waals surface area contributed by atoms with Crippen LogP contribution in [0.5, 0.6) is 0 Å². The molecule has 0 aliphatic carbocycles. The minimum absolute atomic E-state index is 0.105. The van der Waals surface area contributed by atoms with Crippen LogP contribution in [-0.4, -0.2) is 51.5 Å². The largest absolute Gasteiger partial charge is 0.388 e. The zero-order valence-corrected chi connectivity index (χ0v) is 10.6. The summed E-state index contributed by atoms with van der Waals surface area (Å²) in [6.45, 7) is 0.209. The molecule has 0 unspecified atom stereocenters. The fraction of sp³-hybridized carbons (Fsp3) is 0.286. The van der Waals surface area contributed by atoms with E-state index in [-0.39, 0.29) is 24.7 Å². The maximum atomic E-state index is 12.2. The minimum Gasteiger partial charge on any atom is -0.388 e. The third kappa shape index (κ3) is 2.31. The summed E-state index contributed by atoms with van der Waals surface area (Å²) in [5.74, 6) is 0.153. The molecule has 1 aromatic carbocycles. The summed E-state index contributed by atoms with van der Waals surface area (Å²) in [5, 5.41) is 22.7. The Hall–Kier alpha value is -2.18. The highest BCUT2D eigenvalue weighted by atomic mass is 16.5. The first kappa shape index (κ1) is 12.8. The van der Waals surface area contributed by atoms with Gasteiger partial charge in [-0.25, -0.2) is 0 Å². The van der Waals surface area contributed by atoms with Gasteiger partial charge in [0, 0.05) is 24.7 Å². The molecule has 1 amide bonds. The maximum Gasteiger partial charge on any atom is 0.276 e. The Kier molecular flexibility index (Phi) is 3.25. The van der Waals surface area contributed by atoms with Gasteiger partial charge in [0.2, 0.25) is 0 Å². The molecule has 6 nitrogen and oxygen atoms in total. The lowest BCUT2D eigenvalue weighted by molar-refractivity contribution is 0.0572. The highest BCUT2D eigenvalue weighted by Gasteiger charge is 2.34. The van der Waals surface area contributed by atoms with Crippen molar-refractivity contribution in [2.24, 2.45) is 0 Å². The van der Waals surface area contributed by atoms with Crippen LogP contribution < -0.4 is 0 Å². The molecule has 0 radical (unpaired) electrons. The zero-order chi connectivity index (χ0) is 14.1. The third-order valence-corrected chi connectivity index (χ3v) is 3.33. The summed E-state index contributed by atoms with van der Waals surface area (Å²) < 4.78 is 5.16. The van der Waals surface area contributed by atoms with Gasteiger partial charge in [0.25, 0.3) is 5.91 Å². The lowest BCUT2D eigenvalue weighted by atomic mass is 10.1. The van der Waals surface area contributed by atoms with Gasteiger partial charge in [0.15, 0.2) is 11.5 Å². The summed E-state index contributed by atoms with van der Waals surface area (Å²) in [5.41, 5.74) is 1.01. The number of β-amino-alcohol motifs (C(OH)–C–C–N with tert-alkyl or cyclic N) is 2. The van der Waals surface area contributed by atoms with Crippen LogP contribution in [0.4, 0.5) is 0 Å². The van der Waals surface area contributed by atoms with E-state index >= 15 is 0 Å². The molecule has 2 aromatic rings. The normalized spacial score (nSPS) is 22.2. The first-order valence-electron chi connectivity index (χ1n) is 6.32. The molecule has 1 fully saturated rings. The van der Waals surface area contributed by atoms with Gasteiger partial charge in [-0.2, -0.15) is 0 Å². The molecule has 20 heavy (non-hydrogen) atoms. The first-order chi connectivity index (χ1) is 9.65. The van der Waals surface area contributed by atoms with Crippen LogP contribution in [0.3, 0.4) is 0 Å². The number of aliphatic hydroxyl groups is 2. The van der Waals surface area contributed by atoms with E-state index in [0.717, 1.165) is 5.56 Å². The smallest absolute Gasteiger partial charge is 0.276 e. The molecular formula is C14H14N2O4. The second-order valence-electron chi connectivity index (χ2n) is 4.79. The average Bonchev–Trinajstić information content (AvgIpc) is 3.07. The van der Waals surface area contributed by atoms with E-state index in [1.54, 1.807) is 6.07 Å². The molecule has 1 aliphatic heterocycles. The number of carbonyl (C=O) groups is 1. The Labute approximate surface area is 115 Å². The van der Waals surface area contributed by atoms with E-state index < -0.39 is 12.2 Å². The number of hydrogen-bond donors (Lipinski definition) is 2. The van der Waals surface area contributed by atoms with Crippen LogP contribution in [0.1, 0.15) is 10.5 Å². The van der Waals surface area contributed by atoms with Crippen molar-refractivity contribution in [3.8, 4) is 11.3 Å². The van der Waals surface area contributed by atoms with Crippen molar-refractivity contribution in [2.45, 2.75) is 12.2 Å². The van der Waals surface area contributed by atoms with Crippen LogP contribution in [0.25, 0.3) is 11.3 Å². The molecule has 6 heteroatoms. The molecule has 1 aliphatic rings. The molecule has 0 spiro atoms. The number of benzene rings is 1. The molecule has 104 valence electrons. The predicted octanol–water partition coefficient (Wildman–Crippen LogP) is 0.519. The molecule has 3 rings (SSSR count). The van der Waals surface area contributed by atoms with E-state index in [1.807, 2.05) is 30.3 Å². The topological polar surface area (TPSA) is 86.8 Å². The minimum atomic E-state index is -0.903. The van der Waals surface area contributed by atoms with Gasteiger partial charge in [0.1, 0.15) is 0 Å². The van der Waals surface area contributed by atoms with Crippen molar-refractivity contribution < 1.29 is 19.5 Å². The quantitative estimate of drug-likeness (QED) is 0.833. The summed E-state index contributed by atoms with van der Waals surface area (Å²) in [6.07, 6.45) is -1.81. The van der Waals surface area contributed by atoms with Crippen molar-refractivity contribution in [1.82, 2.24) is 10.1 Å². The number of amides is 1. The van der Waals surface area contributed by atoms with Crippen molar-refractivity contribution in [1.29, 1.82) is 0 Å². The predicted molar refractivity (Wildman–Crippen MR) is 69.9 cm³/mol. The molecule has 2 atom stereocenters. The van der Waals surface area contributed by atoms with Gasteiger partial charge in [0.05, 0.1) is 12.2 Å². The summed E-state index contributed by atoms with van der Waals surface area (Å²) in [6, 6.07) is 10.9. The number of aromatic nitrogens is 1. The Morgan fingerprint density at radius 3 is 2.50 bits per heavy atom. The van der Waals surface area contributed by atoms with E-state index in [2.05, 4.69) is 5.16 Å². The Bertz CT molecular complexity index is 601. The van der Waals surface area contributed by atoms with Crippen molar-refractivity contribution in [3.05, 3.63) is 42.1 Å². The molecule has 2 heterocycles. The van der Waals surface area contributed by atoms with Crippen LogP contribution in [0, 0.1) is 0 Å². The number of carbonyl (C=O) groups excluding carboxylic acids is 1. The average molecular weight is 274 g/mol. The molecule has 0 bridgehead atoms. The number of aliphatic hydroxyl groups excluding tert-OH is 2. The fourth-order valence-corrected chi connectivity index (χ4v) is 2.21. The lowest BCUT2D eigenvalue weighted by Gasteiger charge is -2.12. The van der Waals surface area contributed by atoms with Gasteiger partial charge in [-0.1, -0.05) is 35.5 Å².